The lowest BCUT2D eigenvalue weighted by atomic mass is 9.67. The van der Waals surface area contributed by atoms with Crippen LogP contribution in [-0.2, 0) is 5.41 Å². The fraction of sp³-hybridized carbons (Fsp3) is 0.115. The van der Waals surface area contributed by atoms with Crippen molar-refractivity contribution >= 4 is 0 Å². The zero-order chi connectivity index (χ0) is 37.5. The number of fused-ring (bicyclic) bond motifs is 5. The van der Waals surface area contributed by atoms with Gasteiger partial charge in [0.15, 0.2) is 17.5 Å². The highest BCUT2D eigenvalue weighted by atomic mass is 15.0. The highest BCUT2D eigenvalue weighted by molar-refractivity contribution is 5.93. The molecule has 0 radical (unpaired) electrons. The van der Waals surface area contributed by atoms with E-state index in [4.69, 9.17) is 15.0 Å². The van der Waals surface area contributed by atoms with Gasteiger partial charge in [-0.15, -0.1) is 0 Å². The summed E-state index contributed by atoms with van der Waals surface area (Å²) in [4.78, 5) is 14.7. The fourth-order valence-electron chi connectivity index (χ4n) is 9.03. The van der Waals surface area contributed by atoms with Gasteiger partial charge in [-0.3, -0.25) is 0 Å². The Kier molecular flexibility index (Phi) is 8.42. The van der Waals surface area contributed by atoms with Gasteiger partial charge in [-0.05, 0) is 86.7 Å². The third-order valence-electron chi connectivity index (χ3n) is 11.8. The molecule has 1 fully saturated rings. The Bertz CT molecular complexity index is 2700. The molecule has 1 heterocycles. The third-order valence-corrected chi connectivity index (χ3v) is 11.8. The van der Waals surface area contributed by atoms with Gasteiger partial charge in [0.05, 0.1) is 11.6 Å². The molecule has 1 saturated carbocycles. The van der Waals surface area contributed by atoms with E-state index in [9.17, 15) is 5.26 Å². The van der Waals surface area contributed by atoms with Crippen molar-refractivity contribution in [3.8, 4) is 84.7 Å². The molecule has 0 N–H and O–H groups in total. The van der Waals surface area contributed by atoms with Crippen molar-refractivity contribution in [2.45, 2.75) is 37.5 Å². The number of benzene rings is 7. The Balaban J connectivity index is 0.952. The van der Waals surface area contributed by atoms with Gasteiger partial charge in [0.1, 0.15) is 0 Å². The van der Waals surface area contributed by atoms with Gasteiger partial charge >= 0.3 is 0 Å². The summed E-state index contributed by atoms with van der Waals surface area (Å²) in [7, 11) is 0. The molecule has 0 saturated heterocycles. The van der Waals surface area contributed by atoms with E-state index in [1.807, 2.05) is 66.7 Å². The van der Waals surface area contributed by atoms with Crippen LogP contribution < -0.4 is 0 Å². The molecular weight excluding hydrogens is 681 g/mol. The molecule has 266 valence electrons. The summed E-state index contributed by atoms with van der Waals surface area (Å²) >= 11 is 0. The number of nitrogens with zero attached hydrogens (tertiary/aromatic N) is 4. The van der Waals surface area contributed by atoms with Crippen LogP contribution in [0.1, 0.15) is 48.8 Å². The first-order valence-electron chi connectivity index (χ1n) is 19.5. The molecule has 8 aromatic rings. The first-order valence-corrected chi connectivity index (χ1v) is 19.5. The van der Waals surface area contributed by atoms with Gasteiger partial charge in [-0.1, -0.05) is 171 Å². The minimum atomic E-state index is 0.0512. The molecule has 0 atom stereocenters. The third kappa shape index (κ3) is 5.90. The summed E-state index contributed by atoms with van der Waals surface area (Å²) in [6.45, 7) is 0. The average molecular weight is 719 g/mol. The number of aromatic nitrogens is 3. The molecular formula is C52H38N4. The maximum atomic E-state index is 9.82. The van der Waals surface area contributed by atoms with Crippen LogP contribution >= 0.6 is 0 Å². The van der Waals surface area contributed by atoms with E-state index in [0.29, 0.717) is 17.5 Å². The quantitative estimate of drug-likeness (QED) is 0.172. The average Bonchev–Trinajstić information content (AvgIpc) is 3.55. The maximum absolute atomic E-state index is 9.82. The van der Waals surface area contributed by atoms with E-state index in [0.717, 1.165) is 38.9 Å². The zero-order valence-electron chi connectivity index (χ0n) is 31.0. The fourth-order valence-corrected chi connectivity index (χ4v) is 9.03. The molecule has 0 aliphatic heterocycles. The topological polar surface area (TPSA) is 62.5 Å². The lowest BCUT2D eigenvalue weighted by Gasteiger charge is -2.36. The molecule has 0 unspecified atom stereocenters. The summed E-state index contributed by atoms with van der Waals surface area (Å²) < 4.78 is 0. The molecule has 1 aromatic heterocycles. The van der Waals surface area contributed by atoms with Crippen molar-refractivity contribution in [3.63, 3.8) is 0 Å². The molecule has 56 heavy (non-hydrogen) atoms. The van der Waals surface area contributed by atoms with Crippen LogP contribution in [-0.4, -0.2) is 15.0 Å². The smallest absolute Gasteiger partial charge is 0.164 e. The predicted octanol–water partition coefficient (Wildman–Crippen LogP) is 13.0. The monoisotopic (exact) mass is 718 g/mol. The number of nitriles is 1. The van der Waals surface area contributed by atoms with Gasteiger partial charge in [0, 0.05) is 22.1 Å². The summed E-state index contributed by atoms with van der Waals surface area (Å²) in [5.41, 5.74) is 16.0. The van der Waals surface area contributed by atoms with E-state index in [1.165, 1.54) is 71.0 Å². The maximum Gasteiger partial charge on any atom is 0.164 e. The molecule has 4 heteroatoms. The minimum absolute atomic E-state index is 0.0512. The van der Waals surface area contributed by atoms with E-state index in [-0.39, 0.29) is 5.41 Å². The largest absolute Gasteiger partial charge is 0.208 e. The molecule has 0 bridgehead atoms. The standard InChI is InChI=1S/C52H38N4/c53-34-35-20-29-46-45(32-35)48-44(18-11-19-47(48)52(46)30-8-3-9-31-52)39-27-25-37(26-28-39)36-21-23-38(24-22-36)42-16-10-17-43(33-42)51-55-49(40-12-4-1-5-13-40)54-50(56-51)41-14-6-2-7-15-41/h1-2,4-7,10-29,32-33H,3,8-9,30-31H2. The SMILES string of the molecule is N#Cc1ccc2c(c1)-c1c(-c3ccc(-c4ccc(-c5cccc(-c6nc(-c7ccccc7)nc(-c7ccccc7)n6)c5)cc4)cc3)cccc1C21CCCCC1. The Labute approximate surface area is 327 Å². The Hall–Kier alpha value is -6.96. The van der Waals surface area contributed by atoms with Gasteiger partial charge in [0.25, 0.3) is 0 Å². The second-order valence-corrected chi connectivity index (χ2v) is 15.0. The summed E-state index contributed by atoms with van der Waals surface area (Å²) in [6, 6.07) is 61.9. The van der Waals surface area contributed by atoms with Crippen molar-refractivity contribution in [1.82, 2.24) is 15.0 Å². The second kappa shape index (κ2) is 14.0. The molecule has 7 aromatic carbocycles. The molecule has 4 nitrogen and oxygen atoms in total. The predicted molar refractivity (Wildman–Crippen MR) is 226 cm³/mol. The van der Waals surface area contributed by atoms with Crippen molar-refractivity contribution in [1.29, 1.82) is 5.26 Å². The first-order chi connectivity index (χ1) is 27.7. The minimum Gasteiger partial charge on any atom is -0.208 e. The molecule has 0 amide bonds. The van der Waals surface area contributed by atoms with E-state index < -0.39 is 0 Å². The van der Waals surface area contributed by atoms with Gasteiger partial charge < -0.3 is 0 Å². The van der Waals surface area contributed by atoms with Gasteiger partial charge in [-0.25, -0.2) is 15.0 Å². The van der Waals surface area contributed by atoms with E-state index >= 15 is 0 Å². The van der Waals surface area contributed by atoms with E-state index in [2.05, 4.69) is 109 Å². The molecule has 2 aliphatic rings. The Morgan fingerprint density at radius 3 is 1.52 bits per heavy atom. The summed E-state index contributed by atoms with van der Waals surface area (Å²) in [5, 5.41) is 9.82. The van der Waals surface area contributed by atoms with Crippen LogP contribution in [0, 0.1) is 11.3 Å². The van der Waals surface area contributed by atoms with Crippen LogP contribution in [0.25, 0.3) is 78.7 Å². The normalized spacial score (nSPS) is 13.8. The van der Waals surface area contributed by atoms with Crippen molar-refractivity contribution in [2.75, 3.05) is 0 Å². The lowest BCUT2D eigenvalue weighted by Crippen LogP contribution is -2.28. The second-order valence-electron chi connectivity index (χ2n) is 15.0. The highest BCUT2D eigenvalue weighted by Gasteiger charge is 2.44. The van der Waals surface area contributed by atoms with Gasteiger partial charge in [-0.2, -0.15) is 5.26 Å². The van der Waals surface area contributed by atoms with Crippen LogP contribution in [0.2, 0.25) is 0 Å². The Morgan fingerprint density at radius 2 is 0.911 bits per heavy atom. The molecule has 2 aliphatic carbocycles. The van der Waals surface area contributed by atoms with Gasteiger partial charge in [0.2, 0.25) is 0 Å². The highest BCUT2D eigenvalue weighted by Crippen LogP contribution is 2.58. The Morgan fingerprint density at radius 1 is 0.393 bits per heavy atom. The van der Waals surface area contributed by atoms with E-state index in [1.54, 1.807) is 0 Å². The summed E-state index contributed by atoms with van der Waals surface area (Å²) in [5.74, 6) is 1.94. The zero-order valence-corrected chi connectivity index (χ0v) is 31.0. The van der Waals surface area contributed by atoms with Crippen LogP contribution in [0.5, 0.6) is 0 Å². The van der Waals surface area contributed by atoms with Crippen molar-refractivity contribution < 1.29 is 0 Å². The molecule has 1 spiro atoms. The van der Waals surface area contributed by atoms with Crippen LogP contribution in [0.3, 0.4) is 0 Å². The number of hydrogen-bond donors (Lipinski definition) is 0. The molecule has 10 rings (SSSR count). The number of rotatable bonds is 6. The van der Waals surface area contributed by atoms with Crippen molar-refractivity contribution in [2.24, 2.45) is 0 Å². The lowest BCUT2D eigenvalue weighted by molar-refractivity contribution is 0.353. The number of hydrogen-bond acceptors (Lipinski definition) is 4. The van der Waals surface area contributed by atoms with Crippen LogP contribution in [0.15, 0.2) is 170 Å². The summed E-state index contributed by atoms with van der Waals surface area (Å²) in [6.07, 6.45) is 6.12. The first kappa shape index (κ1) is 33.6. The van der Waals surface area contributed by atoms with Crippen molar-refractivity contribution in [3.05, 3.63) is 187 Å². The van der Waals surface area contributed by atoms with Crippen LogP contribution in [0.4, 0.5) is 0 Å².